The SMILES string of the molecule is O=C(CNC(=O)[C@@H]1C[C@H]1c1ccc(F)cc1)NCCN1CCOCC1. The summed E-state index contributed by atoms with van der Waals surface area (Å²) in [5.41, 5.74) is 0.969. The maximum Gasteiger partial charge on any atom is 0.239 e. The number of halogens is 1. The first kappa shape index (κ1) is 17.8. The molecule has 1 aromatic rings. The lowest BCUT2D eigenvalue weighted by molar-refractivity contribution is -0.126. The maximum absolute atomic E-state index is 12.9. The number of carbonyl (C=O) groups is 2. The van der Waals surface area contributed by atoms with Crippen LogP contribution < -0.4 is 10.6 Å². The third-order valence-electron chi connectivity index (χ3n) is 4.70. The van der Waals surface area contributed by atoms with Gasteiger partial charge in [0.05, 0.1) is 19.8 Å². The summed E-state index contributed by atoms with van der Waals surface area (Å²) in [6.07, 6.45) is 0.746. The molecule has 1 aromatic carbocycles. The van der Waals surface area contributed by atoms with Gasteiger partial charge in [0, 0.05) is 32.1 Å². The molecule has 3 rings (SSSR count). The molecule has 1 saturated heterocycles. The van der Waals surface area contributed by atoms with Crippen molar-refractivity contribution in [3.05, 3.63) is 35.6 Å². The molecular weight excluding hydrogens is 325 g/mol. The molecular formula is C18H24FN3O3. The molecule has 0 unspecified atom stereocenters. The summed E-state index contributed by atoms with van der Waals surface area (Å²) in [6.45, 7) is 4.60. The minimum Gasteiger partial charge on any atom is -0.379 e. The Balaban J connectivity index is 1.31. The second kappa shape index (κ2) is 8.40. The second-order valence-corrected chi connectivity index (χ2v) is 6.52. The largest absolute Gasteiger partial charge is 0.379 e. The van der Waals surface area contributed by atoms with Crippen LogP contribution in [0.25, 0.3) is 0 Å². The van der Waals surface area contributed by atoms with Gasteiger partial charge < -0.3 is 15.4 Å². The van der Waals surface area contributed by atoms with Crippen molar-refractivity contribution in [2.75, 3.05) is 45.9 Å². The lowest BCUT2D eigenvalue weighted by atomic mass is 10.1. The molecule has 2 aliphatic rings. The van der Waals surface area contributed by atoms with Crippen LogP contribution in [0.4, 0.5) is 4.39 Å². The van der Waals surface area contributed by atoms with E-state index < -0.39 is 0 Å². The Morgan fingerprint density at radius 3 is 2.60 bits per heavy atom. The summed E-state index contributed by atoms with van der Waals surface area (Å²) >= 11 is 0. The molecule has 2 atom stereocenters. The molecule has 2 fully saturated rings. The summed E-state index contributed by atoms with van der Waals surface area (Å²) in [6, 6.07) is 6.24. The molecule has 136 valence electrons. The Morgan fingerprint density at radius 1 is 1.16 bits per heavy atom. The number of hydrogen-bond acceptors (Lipinski definition) is 4. The highest BCUT2D eigenvalue weighted by molar-refractivity contribution is 5.87. The van der Waals surface area contributed by atoms with Crippen LogP contribution in [0.5, 0.6) is 0 Å². The normalized spacial score (nSPS) is 23.1. The summed E-state index contributed by atoms with van der Waals surface area (Å²) < 4.78 is 18.2. The van der Waals surface area contributed by atoms with Crippen molar-refractivity contribution in [1.29, 1.82) is 0 Å². The van der Waals surface area contributed by atoms with Crippen LogP contribution >= 0.6 is 0 Å². The smallest absolute Gasteiger partial charge is 0.239 e. The molecule has 2 amide bonds. The number of benzene rings is 1. The molecule has 2 N–H and O–H groups in total. The molecule has 6 nitrogen and oxygen atoms in total. The molecule has 0 radical (unpaired) electrons. The van der Waals surface area contributed by atoms with Crippen molar-refractivity contribution in [1.82, 2.24) is 15.5 Å². The van der Waals surface area contributed by atoms with Gasteiger partial charge in [-0.2, -0.15) is 0 Å². The van der Waals surface area contributed by atoms with E-state index in [9.17, 15) is 14.0 Å². The van der Waals surface area contributed by atoms with E-state index in [0.717, 1.165) is 44.8 Å². The zero-order valence-corrected chi connectivity index (χ0v) is 14.2. The van der Waals surface area contributed by atoms with Crippen molar-refractivity contribution >= 4 is 11.8 Å². The highest BCUT2D eigenvalue weighted by Gasteiger charge is 2.43. The standard InChI is InChI=1S/C18H24FN3O3/c19-14-3-1-13(2-4-14)15-11-16(15)18(24)21-12-17(23)20-5-6-22-7-9-25-10-8-22/h1-4,15-16H,5-12H2,(H,20,23)(H,21,24)/t15-,16+/m0/s1. The van der Waals surface area contributed by atoms with Crippen molar-refractivity contribution in [2.45, 2.75) is 12.3 Å². The van der Waals surface area contributed by atoms with Gasteiger partial charge in [-0.25, -0.2) is 4.39 Å². The maximum atomic E-state index is 12.9. The number of nitrogens with one attached hydrogen (secondary N) is 2. The van der Waals surface area contributed by atoms with Crippen molar-refractivity contribution in [3.63, 3.8) is 0 Å². The van der Waals surface area contributed by atoms with Gasteiger partial charge in [-0.05, 0) is 30.0 Å². The molecule has 1 aliphatic carbocycles. The Morgan fingerprint density at radius 2 is 1.88 bits per heavy atom. The third-order valence-corrected chi connectivity index (χ3v) is 4.70. The lowest BCUT2D eigenvalue weighted by Gasteiger charge is -2.26. The average Bonchev–Trinajstić information content (AvgIpc) is 3.42. The first-order valence-corrected chi connectivity index (χ1v) is 8.73. The quantitative estimate of drug-likeness (QED) is 0.752. The highest BCUT2D eigenvalue weighted by atomic mass is 19.1. The van der Waals surface area contributed by atoms with E-state index in [2.05, 4.69) is 15.5 Å². The minimum atomic E-state index is -0.279. The van der Waals surface area contributed by atoms with Gasteiger partial charge in [-0.15, -0.1) is 0 Å². The lowest BCUT2D eigenvalue weighted by Crippen LogP contribution is -2.43. The van der Waals surface area contributed by atoms with Gasteiger partial charge in [-0.3, -0.25) is 14.5 Å². The number of rotatable bonds is 7. The molecule has 1 aliphatic heterocycles. The number of amides is 2. The monoisotopic (exact) mass is 349 g/mol. The second-order valence-electron chi connectivity index (χ2n) is 6.52. The zero-order valence-electron chi connectivity index (χ0n) is 14.2. The van der Waals surface area contributed by atoms with Crippen LogP contribution in [0.2, 0.25) is 0 Å². The predicted molar refractivity (Wildman–Crippen MR) is 90.5 cm³/mol. The Bertz CT molecular complexity index is 602. The first-order chi connectivity index (χ1) is 12.1. The predicted octanol–water partition coefficient (Wildman–Crippen LogP) is 0.494. The number of nitrogens with zero attached hydrogens (tertiary/aromatic N) is 1. The van der Waals surface area contributed by atoms with Crippen LogP contribution in [0.15, 0.2) is 24.3 Å². The fraction of sp³-hybridized carbons (Fsp3) is 0.556. The Labute approximate surface area is 146 Å². The molecule has 25 heavy (non-hydrogen) atoms. The van der Waals surface area contributed by atoms with E-state index in [1.807, 2.05) is 0 Å². The Kier molecular flexibility index (Phi) is 5.99. The van der Waals surface area contributed by atoms with Crippen molar-refractivity contribution < 1.29 is 18.7 Å². The number of ether oxygens (including phenoxy) is 1. The van der Waals surface area contributed by atoms with Gasteiger partial charge in [-0.1, -0.05) is 12.1 Å². The van der Waals surface area contributed by atoms with Gasteiger partial charge in [0.15, 0.2) is 0 Å². The van der Waals surface area contributed by atoms with Crippen molar-refractivity contribution in [2.24, 2.45) is 5.92 Å². The van der Waals surface area contributed by atoms with E-state index in [0.29, 0.717) is 6.54 Å². The van der Waals surface area contributed by atoms with E-state index in [-0.39, 0.29) is 36.0 Å². The van der Waals surface area contributed by atoms with E-state index in [1.165, 1.54) is 12.1 Å². The highest BCUT2D eigenvalue weighted by Crippen LogP contribution is 2.47. The summed E-state index contributed by atoms with van der Waals surface area (Å²) in [4.78, 5) is 26.1. The topological polar surface area (TPSA) is 70.7 Å². The molecule has 1 heterocycles. The fourth-order valence-electron chi connectivity index (χ4n) is 3.10. The Hall–Kier alpha value is -1.99. The summed E-state index contributed by atoms with van der Waals surface area (Å²) in [5.74, 6) is -0.561. The fourth-order valence-corrected chi connectivity index (χ4v) is 3.10. The molecule has 0 spiro atoms. The van der Waals surface area contributed by atoms with Crippen LogP contribution in [0, 0.1) is 11.7 Å². The molecule has 7 heteroatoms. The molecule has 0 aromatic heterocycles. The molecule has 0 bridgehead atoms. The van der Waals surface area contributed by atoms with Gasteiger partial charge in [0.25, 0.3) is 0 Å². The van der Waals surface area contributed by atoms with Crippen LogP contribution in [-0.2, 0) is 14.3 Å². The summed E-state index contributed by atoms with van der Waals surface area (Å²) in [7, 11) is 0. The minimum absolute atomic E-state index is 0.00537. The average molecular weight is 349 g/mol. The van der Waals surface area contributed by atoms with Crippen molar-refractivity contribution in [3.8, 4) is 0 Å². The van der Waals surface area contributed by atoms with Crippen LogP contribution in [-0.4, -0.2) is 62.7 Å². The number of hydrogen-bond donors (Lipinski definition) is 2. The zero-order chi connectivity index (χ0) is 17.6. The van der Waals surface area contributed by atoms with Crippen LogP contribution in [0.3, 0.4) is 0 Å². The number of morpholine rings is 1. The van der Waals surface area contributed by atoms with Crippen LogP contribution in [0.1, 0.15) is 17.9 Å². The van der Waals surface area contributed by atoms with E-state index in [1.54, 1.807) is 12.1 Å². The summed E-state index contributed by atoms with van der Waals surface area (Å²) in [5, 5.41) is 5.50. The van der Waals surface area contributed by atoms with E-state index >= 15 is 0 Å². The number of carbonyl (C=O) groups excluding carboxylic acids is 2. The first-order valence-electron chi connectivity index (χ1n) is 8.73. The van der Waals surface area contributed by atoms with E-state index in [4.69, 9.17) is 4.74 Å². The van der Waals surface area contributed by atoms with Gasteiger partial charge in [0.2, 0.25) is 11.8 Å². The molecule has 1 saturated carbocycles. The van der Waals surface area contributed by atoms with Gasteiger partial charge >= 0.3 is 0 Å². The third kappa shape index (κ3) is 5.24. The van der Waals surface area contributed by atoms with Gasteiger partial charge in [0.1, 0.15) is 5.82 Å².